The molecule has 7 heteroatoms. The molecule has 0 saturated heterocycles. The monoisotopic (exact) mass is 432 g/mol. The van der Waals surface area contributed by atoms with Gasteiger partial charge in [0.15, 0.2) is 0 Å². The fourth-order valence-corrected chi connectivity index (χ4v) is 5.45. The minimum Gasteiger partial charge on any atom is -0.481 e. The minimum absolute atomic E-state index is 0.0551. The third kappa shape index (κ3) is 3.20. The van der Waals surface area contributed by atoms with Gasteiger partial charge in [-0.1, -0.05) is 42.8 Å². The Kier molecular flexibility index (Phi) is 5.04. The summed E-state index contributed by atoms with van der Waals surface area (Å²) in [7, 11) is 0. The lowest BCUT2D eigenvalue weighted by atomic mass is 9.88. The highest BCUT2D eigenvalue weighted by Gasteiger charge is 2.44. The highest BCUT2D eigenvalue weighted by atomic mass is 16.4. The van der Waals surface area contributed by atoms with Gasteiger partial charge in [0.2, 0.25) is 5.91 Å². The average Bonchev–Trinajstić information content (AvgIpc) is 3.39. The molecule has 0 spiro atoms. The van der Waals surface area contributed by atoms with Crippen LogP contribution < -0.4 is 0 Å². The van der Waals surface area contributed by atoms with Crippen LogP contribution >= 0.6 is 0 Å². The van der Waals surface area contributed by atoms with Crippen molar-refractivity contribution in [1.29, 1.82) is 0 Å². The van der Waals surface area contributed by atoms with Crippen LogP contribution in [0.3, 0.4) is 0 Å². The predicted molar refractivity (Wildman–Crippen MR) is 115 cm³/mol. The third-order valence-electron chi connectivity index (χ3n) is 7.08. The highest BCUT2D eigenvalue weighted by Crippen LogP contribution is 2.38. The van der Waals surface area contributed by atoms with E-state index in [1.165, 1.54) is 4.90 Å². The van der Waals surface area contributed by atoms with Gasteiger partial charge < -0.3 is 10.0 Å². The van der Waals surface area contributed by atoms with Crippen LogP contribution in [0.1, 0.15) is 57.1 Å². The van der Waals surface area contributed by atoms with Gasteiger partial charge in [0.25, 0.3) is 11.8 Å². The molecule has 2 heterocycles. The molecule has 1 N–H and O–H groups in total. The Morgan fingerprint density at radius 2 is 1.53 bits per heavy atom. The maximum Gasteiger partial charge on any atom is 0.307 e. The van der Waals surface area contributed by atoms with Gasteiger partial charge in [-0.25, -0.2) is 0 Å². The summed E-state index contributed by atoms with van der Waals surface area (Å²) >= 11 is 0. The van der Waals surface area contributed by atoms with Crippen LogP contribution in [0.2, 0.25) is 0 Å². The molecule has 3 amide bonds. The maximum absolute atomic E-state index is 13.6. The zero-order valence-electron chi connectivity index (χ0n) is 17.6. The number of carbonyl (C=O) groups is 4. The number of carbonyl (C=O) groups excluding carboxylic acids is 3. The number of aliphatic carboxylic acids is 1. The van der Waals surface area contributed by atoms with Gasteiger partial charge in [0.1, 0.15) is 0 Å². The van der Waals surface area contributed by atoms with E-state index in [2.05, 4.69) is 0 Å². The molecular formula is C25H24N2O5. The van der Waals surface area contributed by atoms with E-state index in [0.29, 0.717) is 43.4 Å². The molecule has 5 rings (SSSR count). The van der Waals surface area contributed by atoms with Crippen LogP contribution in [0.15, 0.2) is 48.5 Å². The van der Waals surface area contributed by atoms with Crippen LogP contribution in [0.4, 0.5) is 0 Å². The number of imide groups is 1. The number of hydrogen-bond donors (Lipinski definition) is 1. The fourth-order valence-electron chi connectivity index (χ4n) is 5.45. The first kappa shape index (κ1) is 20.4. The van der Waals surface area contributed by atoms with Crippen molar-refractivity contribution in [1.82, 2.24) is 9.80 Å². The van der Waals surface area contributed by atoms with Crippen molar-refractivity contribution in [2.45, 2.75) is 31.7 Å². The van der Waals surface area contributed by atoms with Crippen LogP contribution in [-0.2, 0) is 16.0 Å². The summed E-state index contributed by atoms with van der Waals surface area (Å²) in [6, 6.07) is 14.0. The number of amides is 3. The fraction of sp³-hybridized carbons (Fsp3) is 0.360. The van der Waals surface area contributed by atoms with Crippen LogP contribution in [0, 0.1) is 11.8 Å². The first-order valence-corrected chi connectivity index (χ1v) is 11.0. The quantitative estimate of drug-likeness (QED) is 0.750. The molecule has 3 aliphatic rings. The number of carboxylic acid groups (broad SMARTS) is 1. The van der Waals surface area contributed by atoms with Crippen molar-refractivity contribution >= 4 is 23.7 Å². The van der Waals surface area contributed by atoms with E-state index in [0.717, 1.165) is 11.1 Å². The summed E-state index contributed by atoms with van der Waals surface area (Å²) in [6.45, 7) is 0.492. The van der Waals surface area contributed by atoms with Gasteiger partial charge in [-0.3, -0.25) is 24.1 Å². The third-order valence-corrected chi connectivity index (χ3v) is 7.08. The Balaban J connectivity index is 1.49. The Labute approximate surface area is 185 Å². The average molecular weight is 432 g/mol. The SMILES string of the molecule is O=C(O)[C@H]1CCC[C@H]1C(=O)N1CCc2ccccc2[C@H]1CN1C(=O)c2ccccc2C1=O. The number of nitrogens with zero attached hydrogens (tertiary/aromatic N) is 2. The Morgan fingerprint density at radius 1 is 0.906 bits per heavy atom. The summed E-state index contributed by atoms with van der Waals surface area (Å²) in [5.74, 6) is -3.08. The highest BCUT2D eigenvalue weighted by molar-refractivity contribution is 6.21. The molecule has 3 atom stereocenters. The predicted octanol–water partition coefficient (Wildman–Crippen LogP) is 2.91. The standard InChI is InChI=1S/C25H24N2O5/c28-22(19-10-5-11-20(19)25(31)32)26-13-12-15-6-1-2-7-16(15)21(26)14-27-23(29)17-8-3-4-9-18(17)24(27)30/h1-4,6-9,19-21H,5,10-14H2,(H,31,32)/t19-,20+,21-/m1/s1. The van der Waals surface area contributed by atoms with E-state index in [-0.39, 0.29) is 24.3 Å². The van der Waals surface area contributed by atoms with Crippen LogP contribution in [0.5, 0.6) is 0 Å². The van der Waals surface area contributed by atoms with Gasteiger partial charge >= 0.3 is 5.97 Å². The largest absolute Gasteiger partial charge is 0.481 e. The second kappa shape index (κ2) is 7.89. The van der Waals surface area contributed by atoms with E-state index in [1.807, 2.05) is 24.3 Å². The summed E-state index contributed by atoms with van der Waals surface area (Å²) in [4.78, 5) is 54.2. The molecule has 1 fully saturated rings. The van der Waals surface area contributed by atoms with Crippen molar-refractivity contribution in [3.63, 3.8) is 0 Å². The Hall–Kier alpha value is -3.48. The van der Waals surface area contributed by atoms with E-state index in [4.69, 9.17) is 0 Å². The van der Waals surface area contributed by atoms with E-state index in [1.54, 1.807) is 29.2 Å². The molecule has 0 radical (unpaired) electrons. The number of benzene rings is 2. The second-order valence-electron chi connectivity index (χ2n) is 8.74. The molecule has 2 aromatic rings. The number of carboxylic acids is 1. The molecule has 0 aromatic heterocycles. The maximum atomic E-state index is 13.6. The Bertz CT molecular complexity index is 1090. The summed E-state index contributed by atoms with van der Waals surface area (Å²) in [6.07, 6.45) is 2.42. The van der Waals surface area contributed by atoms with E-state index < -0.39 is 23.8 Å². The van der Waals surface area contributed by atoms with Crippen molar-refractivity contribution in [2.24, 2.45) is 11.8 Å². The van der Waals surface area contributed by atoms with Crippen molar-refractivity contribution in [2.75, 3.05) is 13.1 Å². The van der Waals surface area contributed by atoms with Gasteiger partial charge in [-0.15, -0.1) is 0 Å². The molecule has 32 heavy (non-hydrogen) atoms. The lowest BCUT2D eigenvalue weighted by Crippen LogP contribution is -2.49. The minimum atomic E-state index is -0.935. The van der Waals surface area contributed by atoms with Gasteiger partial charge in [0, 0.05) is 6.54 Å². The topological polar surface area (TPSA) is 95.0 Å². The molecule has 2 aromatic carbocycles. The molecule has 7 nitrogen and oxygen atoms in total. The van der Waals surface area contributed by atoms with Gasteiger partial charge in [0.05, 0.1) is 35.5 Å². The lowest BCUT2D eigenvalue weighted by Gasteiger charge is -2.40. The first-order valence-electron chi connectivity index (χ1n) is 11.0. The van der Waals surface area contributed by atoms with Crippen molar-refractivity contribution < 1.29 is 24.3 Å². The Morgan fingerprint density at radius 3 is 2.22 bits per heavy atom. The molecule has 1 saturated carbocycles. The van der Waals surface area contributed by atoms with E-state index >= 15 is 0 Å². The number of hydrogen-bond acceptors (Lipinski definition) is 4. The molecule has 0 unspecified atom stereocenters. The van der Waals surface area contributed by atoms with Gasteiger partial charge in [-0.2, -0.15) is 0 Å². The number of fused-ring (bicyclic) bond motifs is 2. The smallest absolute Gasteiger partial charge is 0.307 e. The molecule has 0 bridgehead atoms. The van der Waals surface area contributed by atoms with Crippen LogP contribution in [0.25, 0.3) is 0 Å². The molecule has 1 aliphatic carbocycles. The van der Waals surface area contributed by atoms with Crippen molar-refractivity contribution in [3.05, 3.63) is 70.8 Å². The molecule has 2 aliphatic heterocycles. The van der Waals surface area contributed by atoms with Crippen molar-refractivity contribution in [3.8, 4) is 0 Å². The summed E-state index contributed by atoms with van der Waals surface area (Å²) < 4.78 is 0. The molecule has 164 valence electrons. The van der Waals surface area contributed by atoms with Gasteiger partial charge in [-0.05, 0) is 42.5 Å². The second-order valence-corrected chi connectivity index (χ2v) is 8.74. The summed E-state index contributed by atoms with van der Waals surface area (Å²) in [5.41, 5.74) is 2.75. The normalized spacial score (nSPS) is 24.4. The first-order chi connectivity index (χ1) is 15.5. The lowest BCUT2D eigenvalue weighted by molar-refractivity contribution is -0.150. The zero-order valence-corrected chi connectivity index (χ0v) is 17.6. The van der Waals surface area contributed by atoms with Crippen LogP contribution in [-0.4, -0.2) is 51.7 Å². The molecular weight excluding hydrogens is 408 g/mol. The number of rotatable bonds is 4. The zero-order chi connectivity index (χ0) is 22.4. The van der Waals surface area contributed by atoms with E-state index in [9.17, 15) is 24.3 Å². The summed E-state index contributed by atoms with van der Waals surface area (Å²) in [5, 5.41) is 9.59.